The van der Waals surface area contributed by atoms with Gasteiger partial charge in [0.25, 0.3) is 0 Å². The maximum absolute atomic E-state index is 13.6. The van der Waals surface area contributed by atoms with Crippen LogP contribution in [0.1, 0.15) is 17.7 Å². The molecular weight excluding hydrogens is 436 g/mol. The summed E-state index contributed by atoms with van der Waals surface area (Å²) in [6.45, 7) is 0. The number of halogens is 3. The van der Waals surface area contributed by atoms with Gasteiger partial charge in [-0.1, -0.05) is 18.2 Å². The van der Waals surface area contributed by atoms with Crippen LogP contribution in [0.2, 0.25) is 0 Å². The molecule has 7 nitrogen and oxygen atoms in total. The Morgan fingerprint density at radius 1 is 1.18 bits per heavy atom. The molecule has 1 heterocycles. The third kappa shape index (κ3) is 4.77. The first-order valence-electron chi connectivity index (χ1n) is 8.09. The molecule has 0 unspecified atom stereocenters. The zero-order valence-corrected chi connectivity index (χ0v) is 15.9. The molecule has 0 aliphatic carbocycles. The molecule has 1 aromatic heterocycles. The average Bonchev–Trinajstić information content (AvgIpc) is 3.12. The van der Waals surface area contributed by atoms with Crippen molar-refractivity contribution in [2.24, 2.45) is 10.7 Å². The molecule has 10 heteroatoms. The number of aromatic nitrogens is 2. The van der Waals surface area contributed by atoms with Gasteiger partial charge in [-0.3, -0.25) is 4.79 Å². The van der Waals surface area contributed by atoms with E-state index in [9.17, 15) is 13.6 Å². The highest BCUT2D eigenvalue weighted by Crippen LogP contribution is 2.23. The molecule has 0 radical (unpaired) electrons. The predicted molar refractivity (Wildman–Crippen MR) is 102 cm³/mol. The number of rotatable bonds is 6. The minimum Gasteiger partial charge on any atom is -0.382 e. The average molecular weight is 450 g/mol. The summed E-state index contributed by atoms with van der Waals surface area (Å²) < 4.78 is 31.8. The summed E-state index contributed by atoms with van der Waals surface area (Å²) >= 11 is 3.06. The van der Waals surface area contributed by atoms with Gasteiger partial charge in [-0.05, 0) is 62.5 Å². The third-order valence-electron chi connectivity index (χ3n) is 3.72. The quantitative estimate of drug-likeness (QED) is 0.440. The van der Waals surface area contributed by atoms with Crippen LogP contribution in [-0.2, 0) is 11.2 Å². The first kappa shape index (κ1) is 19.6. The van der Waals surface area contributed by atoms with Crippen molar-refractivity contribution in [3.63, 3.8) is 0 Å². The van der Waals surface area contributed by atoms with Gasteiger partial charge in [-0.25, -0.2) is 18.4 Å². The van der Waals surface area contributed by atoms with Crippen molar-refractivity contribution in [1.82, 2.24) is 10.3 Å². The van der Waals surface area contributed by atoms with Gasteiger partial charge in [0.2, 0.25) is 11.7 Å². The Hall–Kier alpha value is -3.14. The fourth-order valence-corrected chi connectivity index (χ4v) is 2.70. The molecule has 0 saturated heterocycles. The monoisotopic (exact) mass is 449 g/mol. The molecule has 1 amide bonds. The zero-order valence-electron chi connectivity index (χ0n) is 14.3. The third-order valence-corrected chi connectivity index (χ3v) is 4.33. The van der Waals surface area contributed by atoms with Gasteiger partial charge in [0, 0.05) is 6.42 Å². The predicted octanol–water partition coefficient (Wildman–Crippen LogP) is 3.72. The maximum Gasteiger partial charge on any atom is 0.226 e. The van der Waals surface area contributed by atoms with E-state index in [2.05, 4.69) is 41.2 Å². The largest absolute Gasteiger partial charge is 0.382 e. The summed E-state index contributed by atoms with van der Waals surface area (Å²) in [5.41, 5.74) is 6.72. The molecular formula is C18H14BrF2N5O2. The number of hydrogen-bond donors (Lipinski definition) is 2. The number of nitrogens with two attached hydrogens (primary N) is 1. The van der Waals surface area contributed by atoms with Crippen LogP contribution in [-0.4, -0.2) is 22.1 Å². The van der Waals surface area contributed by atoms with Crippen LogP contribution in [0.5, 0.6) is 0 Å². The SMILES string of the molecule is NC(=Nc1ccc(F)c(Br)c1)c1nonc1NC(=O)CCc1ccccc1F. The van der Waals surface area contributed by atoms with Crippen molar-refractivity contribution in [3.8, 4) is 0 Å². The molecule has 3 N–H and O–H groups in total. The summed E-state index contributed by atoms with van der Waals surface area (Å²) in [4.78, 5) is 16.2. The zero-order chi connectivity index (χ0) is 20.1. The van der Waals surface area contributed by atoms with E-state index < -0.39 is 11.7 Å². The summed E-state index contributed by atoms with van der Waals surface area (Å²) in [6, 6.07) is 10.3. The lowest BCUT2D eigenvalue weighted by molar-refractivity contribution is -0.116. The van der Waals surface area contributed by atoms with Crippen molar-refractivity contribution < 1.29 is 18.2 Å². The number of aryl methyl sites for hydroxylation is 1. The van der Waals surface area contributed by atoms with Crippen LogP contribution < -0.4 is 11.1 Å². The number of anilines is 1. The lowest BCUT2D eigenvalue weighted by Crippen LogP contribution is -2.19. The molecule has 0 saturated carbocycles. The van der Waals surface area contributed by atoms with Gasteiger partial charge in [-0.2, -0.15) is 0 Å². The first-order valence-corrected chi connectivity index (χ1v) is 8.88. The molecule has 2 aromatic carbocycles. The number of aliphatic imine (C=N–C) groups is 1. The highest BCUT2D eigenvalue weighted by Gasteiger charge is 2.17. The van der Waals surface area contributed by atoms with Gasteiger partial charge in [-0.15, -0.1) is 0 Å². The second kappa shape index (κ2) is 8.70. The molecule has 3 aromatic rings. The van der Waals surface area contributed by atoms with E-state index >= 15 is 0 Å². The number of nitrogens with one attached hydrogen (secondary N) is 1. The number of amidine groups is 1. The highest BCUT2D eigenvalue weighted by molar-refractivity contribution is 9.10. The summed E-state index contributed by atoms with van der Waals surface area (Å²) in [7, 11) is 0. The Balaban J connectivity index is 1.69. The van der Waals surface area contributed by atoms with E-state index in [0.29, 0.717) is 11.3 Å². The van der Waals surface area contributed by atoms with E-state index in [-0.39, 0.29) is 40.5 Å². The van der Waals surface area contributed by atoms with Crippen molar-refractivity contribution in [1.29, 1.82) is 0 Å². The smallest absolute Gasteiger partial charge is 0.226 e. The van der Waals surface area contributed by atoms with Crippen LogP contribution in [0.25, 0.3) is 0 Å². The normalized spacial score (nSPS) is 11.5. The molecule has 0 atom stereocenters. The van der Waals surface area contributed by atoms with Gasteiger partial charge in [0.15, 0.2) is 11.5 Å². The van der Waals surface area contributed by atoms with Gasteiger partial charge >= 0.3 is 0 Å². The second-order valence-electron chi connectivity index (χ2n) is 5.70. The van der Waals surface area contributed by atoms with Gasteiger partial charge in [0.05, 0.1) is 10.2 Å². The maximum atomic E-state index is 13.6. The summed E-state index contributed by atoms with van der Waals surface area (Å²) in [5, 5.41) is 9.74. The Bertz CT molecular complexity index is 1040. The molecule has 0 aliphatic heterocycles. The topological polar surface area (TPSA) is 106 Å². The number of amides is 1. The van der Waals surface area contributed by atoms with E-state index in [1.54, 1.807) is 18.2 Å². The molecule has 3 rings (SSSR count). The molecule has 144 valence electrons. The van der Waals surface area contributed by atoms with Gasteiger partial charge < -0.3 is 11.1 Å². The van der Waals surface area contributed by atoms with Gasteiger partial charge in [0.1, 0.15) is 11.6 Å². The Kier molecular flexibility index (Phi) is 6.09. The Morgan fingerprint density at radius 2 is 1.96 bits per heavy atom. The van der Waals surface area contributed by atoms with Crippen molar-refractivity contribution in [2.75, 3.05) is 5.32 Å². The minimum atomic E-state index is -0.441. The number of benzene rings is 2. The second-order valence-corrected chi connectivity index (χ2v) is 6.55. The number of carbonyl (C=O) groups excluding carboxylic acids is 1. The van der Waals surface area contributed by atoms with Crippen molar-refractivity contribution >= 4 is 39.2 Å². The lowest BCUT2D eigenvalue weighted by Gasteiger charge is -2.04. The van der Waals surface area contributed by atoms with Crippen LogP contribution in [0.3, 0.4) is 0 Å². The summed E-state index contributed by atoms with van der Waals surface area (Å²) in [5.74, 6) is -1.33. The molecule has 0 fully saturated rings. The number of nitrogens with zero attached hydrogens (tertiary/aromatic N) is 3. The number of hydrogen-bond acceptors (Lipinski definition) is 5. The van der Waals surface area contributed by atoms with Crippen molar-refractivity contribution in [2.45, 2.75) is 12.8 Å². The highest BCUT2D eigenvalue weighted by atomic mass is 79.9. The molecule has 28 heavy (non-hydrogen) atoms. The van der Waals surface area contributed by atoms with E-state index in [1.165, 1.54) is 24.3 Å². The van der Waals surface area contributed by atoms with Crippen LogP contribution in [0.4, 0.5) is 20.3 Å². The van der Waals surface area contributed by atoms with Crippen LogP contribution >= 0.6 is 15.9 Å². The van der Waals surface area contributed by atoms with E-state index in [1.807, 2.05) is 0 Å². The fraction of sp³-hybridized carbons (Fsp3) is 0.111. The van der Waals surface area contributed by atoms with Crippen LogP contribution in [0.15, 0.2) is 56.6 Å². The molecule has 0 bridgehead atoms. The Morgan fingerprint density at radius 3 is 2.71 bits per heavy atom. The summed E-state index contributed by atoms with van der Waals surface area (Å²) in [6.07, 6.45) is 0.238. The first-order chi connectivity index (χ1) is 13.4. The Labute approximate surface area is 166 Å². The van der Waals surface area contributed by atoms with E-state index in [0.717, 1.165) is 0 Å². The number of carbonyl (C=O) groups is 1. The fourth-order valence-electron chi connectivity index (χ4n) is 2.33. The van der Waals surface area contributed by atoms with Crippen LogP contribution in [0, 0.1) is 11.6 Å². The molecule has 0 spiro atoms. The van der Waals surface area contributed by atoms with Crippen molar-refractivity contribution in [3.05, 3.63) is 69.8 Å². The minimum absolute atomic E-state index is 0.0130. The standard InChI is InChI=1S/C18H14BrF2N5O2/c19-12-9-11(6-7-14(12)21)23-17(22)16-18(26-28-25-16)24-15(27)8-5-10-3-1-2-4-13(10)20/h1-4,6-7,9H,5,8H2,(H2,22,23)(H,24,26,27). The molecule has 0 aliphatic rings. The lowest BCUT2D eigenvalue weighted by atomic mass is 10.1. The van der Waals surface area contributed by atoms with E-state index in [4.69, 9.17) is 5.73 Å².